The molecule has 0 spiro atoms. The summed E-state index contributed by atoms with van der Waals surface area (Å²) < 4.78 is 0. The van der Waals surface area contributed by atoms with Crippen molar-refractivity contribution in [3.05, 3.63) is 35.4 Å². The van der Waals surface area contributed by atoms with Gasteiger partial charge in [-0.05, 0) is 30.9 Å². The smallest absolute Gasteiger partial charge is 0.308 e. The van der Waals surface area contributed by atoms with Crippen LogP contribution < -0.4 is 0 Å². The lowest BCUT2D eigenvalue weighted by Crippen LogP contribution is -2.48. The Morgan fingerprint density at radius 2 is 1.95 bits per heavy atom. The minimum Gasteiger partial charge on any atom is -0.481 e. The van der Waals surface area contributed by atoms with Gasteiger partial charge in [0, 0.05) is 26.2 Å². The quantitative estimate of drug-likeness (QED) is 0.916. The second-order valence-electron chi connectivity index (χ2n) is 6.27. The van der Waals surface area contributed by atoms with E-state index in [2.05, 4.69) is 23.1 Å². The van der Waals surface area contributed by atoms with Gasteiger partial charge >= 0.3 is 5.97 Å². The zero-order valence-electron chi connectivity index (χ0n) is 12.9. The molecule has 5 nitrogen and oxygen atoms in total. The largest absolute Gasteiger partial charge is 0.481 e. The molecule has 22 heavy (non-hydrogen) atoms. The Bertz CT molecular complexity index is 587. The fraction of sp³-hybridized carbons (Fsp3) is 0.529. The van der Waals surface area contributed by atoms with Crippen molar-refractivity contribution >= 4 is 11.9 Å². The molecule has 1 fully saturated rings. The minimum atomic E-state index is -0.796. The summed E-state index contributed by atoms with van der Waals surface area (Å²) in [5.74, 6) is -1.14. The van der Waals surface area contributed by atoms with E-state index in [4.69, 9.17) is 5.11 Å². The molecule has 118 valence electrons. The number of amides is 1. The number of hydrogen-bond acceptors (Lipinski definition) is 3. The first-order valence-corrected chi connectivity index (χ1v) is 7.88. The normalized spacial score (nSPS) is 23.1. The lowest BCUT2D eigenvalue weighted by molar-refractivity contribution is -0.141. The molecular formula is C17H22N2O3. The maximum absolute atomic E-state index is 12.6. The third kappa shape index (κ3) is 2.86. The van der Waals surface area contributed by atoms with Crippen LogP contribution in [0.3, 0.4) is 0 Å². The van der Waals surface area contributed by atoms with Crippen molar-refractivity contribution in [2.45, 2.75) is 32.4 Å². The first kappa shape index (κ1) is 15.0. The Balaban J connectivity index is 1.64. The number of nitrogens with zero attached hydrogens (tertiary/aromatic N) is 2. The zero-order chi connectivity index (χ0) is 15.7. The van der Waals surface area contributed by atoms with Crippen LogP contribution in [0.4, 0.5) is 0 Å². The van der Waals surface area contributed by atoms with E-state index in [1.54, 1.807) is 4.90 Å². The Hall–Kier alpha value is -1.88. The van der Waals surface area contributed by atoms with Crippen molar-refractivity contribution in [3.8, 4) is 0 Å². The van der Waals surface area contributed by atoms with Crippen LogP contribution in [0.2, 0.25) is 0 Å². The third-order valence-electron chi connectivity index (χ3n) is 4.91. The van der Waals surface area contributed by atoms with Gasteiger partial charge in [0.05, 0.1) is 12.0 Å². The van der Waals surface area contributed by atoms with Crippen molar-refractivity contribution in [2.24, 2.45) is 5.92 Å². The van der Waals surface area contributed by atoms with Gasteiger partial charge in [0.25, 0.3) is 0 Å². The lowest BCUT2D eigenvalue weighted by Gasteiger charge is -2.34. The summed E-state index contributed by atoms with van der Waals surface area (Å²) >= 11 is 0. The average molecular weight is 302 g/mol. The van der Waals surface area contributed by atoms with E-state index in [1.165, 1.54) is 11.1 Å². The summed E-state index contributed by atoms with van der Waals surface area (Å²) in [6.07, 6.45) is 1.53. The molecule has 0 aliphatic carbocycles. The number of carboxylic acids is 1. The summed E-state index contributed by atoms with van der Waals surface area (Å²) in [4.78, 5) is 27.6. The number of rotatable bonds is 3. The number of carboxylic acid groups (broad SMARTS) is 1. The highest BCUT2D eigenvalue weighted by Crippen LogP contribution is 2.23. The van der Waals surface area contributed by atoms with Crippen molar-refractivity contribution in [1.29, 1.82) is 0 Å². The van der Waals surface area contributed by atoms with E-state index in [-0.39, 0.29) is 11.9 Å². The maximum atomic E-state index is 12.6. The highest BCUT2D eigenvalue weighted by molar-refractivity contribution is 5.83. The minimum absolute atomic E-state index is 0.0585. The molecule has 2 aliphatic rings. The predicted molar refractivity (Wildman–Crippen MR) is 82.3 cm³/mol. The molecule has 2 aliphatic heterocycles. The second kappa shape index (κ2) is 6.08. The van der Waals surface area contributed by atoms with E-state index >= 15 is 0 Å². The van der Waals surface area contributed by atoms with Gasteiger partial charge in [-0.1, -0.05) is 24.3 Å². The first-order chi connectivity index (χ1) is 10.6. The first-order valence-electron chi connectivity index (χ1n) is 7.88. The van der Waals surface area contributed by atoms with Crippen molar-refractivity contribution < 1.29 is 14.7 Å². The van der Waals surface area contributed by atoms with Crippen LogP contribution in [0.15, 0.2) is 24.3 Å². The van der Waals surface area contributed by atoms with Gasteiger partial charge in [0.1, 0.15) is 0 Å². The molecule has 0 saturated carbocycles. The molecule has 0 bridgehead atoms. The van der Waals surface area contributed by atoms with E-state index in [1.807, 2.05) is 13.0 Å². The van der Waals surface area contributed by atoms with Crippen LogP contribution in [0.25, 0.3) is 0 Å². The summed E-state index contributed by atoms with van der Waals surface area (Å²) in [5, 5.41) is 9.06. The van der Waals surface area contributed by atoms with E-state index < -0.39 is 11.9 Å². The van der Waals surface area contributed by atoms with E-state index in [0.29, 0.717) is 19.5 Å². The summed E-state index contributed by atoms with van der Waals surface area (Å²) in [5.41, 5.74) is 2.66. The van der Waals surface area contributed by atoms with Gasteiger partial charge in [-0.15, -0.1) is 0 Å². The van der Waals surface area contributed by atoms with Gasteiger partial charge < -0.3 is 10.0 Å². The topological polar surface area (TPSA) is 60.9 Å². The molecule has 2 atom stereocenters. The monoisotopic (exact) mass is 302 g/mol. The van der Waals surface area contributed by atoms with Crippen LogP contribution in [-0.4, -0.2) is 52.5 Å². The third-order valence-corrected chi connectivity index (χ3v) is 4.91. The molecule has 0 radical (unpaired) electrons. The highest BCUT2D eigenvalue weighted by Gasteiger charge is 2.35. The molecule has 1 aromatic rings. The Morgan fingerprint density at radius 3 is 2.64 bits per heavy atom. The molecule has 0 aromatic heterocycles. The van der Waals surface area contributed by atoms with Crippen LogP contribution in [-0.2, 0) is 22.6 Å². The van der Waals surface area contributed by atoms with E-state index in [9.17, 15) is 9.59 Å². The standard InChI is InChI=1S/C17H22N2O3/c1-12(16(20)19-9-7-15(11-19)17(21)22)18-8-6-13-4-2-3-5-14(13)10-18/h2-5,12,15H,6-11H2,1H3,(H,21,22)/t12-,15-/m0/s1. The summed E-state index contributed by atoms with van der Waals surface area (Å²) in [7, 11) is 0. The van der Waals surface area contributed by atoms with Gasteiger partial charge in [0.2, 0.25) is 5.91 Å². The van der Waals surface area contributed by atoms with Crippen LogP contribution in [0.1, 0.15) is 24.5 Å². The van der Waals surface area contributed by atoms with Gasteiger partial charge in [-0.25, -0.2) is 0 Å². The van der Waals surface area contributed by atoms with Crippen LogP contribution >= 0.6 is 0 Å². The van der Waals surface area contributed by atoms with Crippen LogP contribution in [0, 0.1) is 5.92 Å². The molecule has 1 saturated heterocycles. The fourth-order valence-corrected chi connectivity index (χ4v) is 3.43. The van der Waals surface area contributed by atoms with Crippen LogP contribution in [0.5, 0.6) is 0 Å². The predicted octanol–water partition coefficient (Wildman–Crippen LogP) is 1.37. The second-order valence-corrected chi connectivity index (χ2v) is 6.27. The number of likely N-dealkylation sites (tertiary alicyclic amines) is 1. The number of carbonyl (C=O) groups is 2. The van der Waals surface area contributed by atoms with Gasteiger partial charge in [-0.2, -0.15) is 0 Å². The van der Waals surface area contributed by atoms with Gasteiger partial charge in [-0.3, -0.25) is 14.5 Å². The molecule has 2 heterocycles. The number of benzene rings is 1. The number of carbonyl (C=O) groups excluding carboxylic acids is 1. The molecule has 5 heteroatoms. The molecule has 1 N–H and O–H groups in total. The Kier molecular flexibility index (Phi) is 4.16. The molecule has 3 rings (SSSR count). The lowest BCUT2D eigenvalue weighted by atomic mass is 9.98. The number of aliphatic carboxylic acids is 1. The summed E-state index contributed by atoms with van der Waals surface area (Å²) in [6.45, 7) is 4.51. The number of hydrogen-bond donors (Lipinski definition) is 1. The van der Waals surface area contributed by atoms with E-state index in [0.717, 1.165) is 19.5 Å². The fourth-order valence-electron chi connectivity index (χ4n) is 3.43. The van der Waals surface area contributed by atoms with Crippen molar-refractivity contribution in [1.82, 2.24) is 9.80 Å². The Morgan fingerprint density at radius 1 is 1.23 bits per heavy atom. The van der Waals surface area contributed by atoms with Crippen molar-refractivity contribution in [3.63, 3.8) is 0 Å². The summed E-state index contributed by atoms with van der Waals surface area (Å²) in [6, 6.07) is 8.17. The van der Waals surface area contributed by atoms with Crippen molar-refractivity contribution in [2.75, 3.05) is 19.6 Å². The number of fused-ring (bicyclic) bond motifs is 1. The zero-order valence-corrected chi connectivity index (χ0v) is 12.9. The Labute approximate surface area is 130 Å². The molecule has 1 amide bonds. The highest BCUT2D eigenvalue weighted by atomic mass is 16.4. The molecular weight excluding hydrogens is 280 g/mol. The molecule has 1 aromatic carbocycles. The maximum Gasteiger partial charge on any atom is 0.308 e. The average Bonchev–Trinajstić information content (AvgIpc) is 3.03. The van der Waals surface area contributed by atoms with Gasteiger partial charge in [0.15, 0.2) is 0 Å². The molecule has 0 unspecified atom stereocenters. The SMILES string of the molecule is C[C@@H](C(=O)N1CC[C@H](C(=O)O)C1)N1CCc2ccccc2C1.